The van der Waals surface area contributed by atoms with Crippen molar-refractivity contribution in [1.29, 1.82) is 0 Å². The molecule has 1 atom stereocenters. The first-order valence-corrected chi connectivity index (χ1v) is 4.16. The van der Waals surface area contributed by atoms with Crippen LogP contribution in [0.3, 0.4) is 0 Å². The van der Waals surface area contributed by atoms with Crippen molar-refractivity contribution in [2.75, 3.05) is 5.73 Å². The van der Waals surface area contributed by atoms with E-state index in [1.165, 1.54) is 10.6 Å². The molecule has 0 spiro atoms. The first kappa shape index (κ1) is 9.80. The number of hydrogen-bond donors (Lipinski definition) is 2. The van der Waals surface area contributed by atoms with Gasteiger partial charge in [-0.05, 0) is 19.9 Å². The maximum Gasteiger partial charge on any atom is 0.250 e. The fraction of sp³-hybridized carbons (Fsp3) is 0.444. The molecule has 0 amide bonds. The normalized spacial score (nSPS) is 12.8. The van der Waals surface area contributed by atoms with Gasteiger partial charge in [-0.2, -0.15) is 0 Å². The molecule has 0 saturated heterocycles. The number of aliphatic hydroxyl groups excluding tert-OH is 1. The lowest BCUT2D eigenvalue weighted by molar-refractivity contribution is 0.171. The molecule has 0 radical (unpaired) electrons. The number of rotatable bonds is 2. The molecule has 0 saturated carbocycles. The first-order chi connectivity index (χ1) is 6.02. The minimum atomic E-state index is -0.543. The van der Waals surface area contributed by atoms with Crippen LogP contribution in [-0.4, -0.2) is 15.8 Å². The van der Waals surface area contributed by atoms with Gasteiger partial charge in [-0.3, -0.25) is 4.79 Å². The third kappa shape index (κ3) is 2.09. The van der Waals surface area contributed by atoms with E-state index in [1.807, 2.05) is 0 Å². The van der Waals surface area contributed by atoms with E-state index < -0.39 is 6.10 Å². The number of pyridine rings is 1. The van der Waals surface area contributed by atoms with Gasteiger partial charge in [-0.15, -0.1) is 0 Å². The van der Waals surface area contributed by atoms with E-state index >= 15 is 0 Å². The quantitative estimate of drug-likeness (QED) is 0.682. The summed E-state index contributed by atoms with van der Waals surface area (Å²) in [6.45, 7) is 3.68. The van der Waals surface area contributed by atoms with Crippen LogP contribution >= 0.6 is 0 Å². The summed E-state index contributed by atoms with van der Waals surface area (Å²) in [5.41, 5.74) is 6.76. The van der Waals surface area contributed by atoms with Gasteiger partial charge >= 0.3 is 0 Å². The van der Waals surface area contributed by atoms with Crippen molar-refractivity contribution < 1.29 is 5.11 Å². The molecule has 3 N–H and O–H groups in total. The molecule has 1 aromatic rings. The van der Waals surface area contributed by atoms with Crippen molar-refractivity contribution >= 4 is 5.69 Å². The van der Waals surface area contributed by atoms with E-state index in [0.29, 0.717) is 11.4 Å². The zero-order valence-corrected chi connectivity index (χ0v) is 7.82. The maximum atomic E-state index is 11.3. The summed E-state index contributed by atoms with van der Waals surface area (Å²) in [6.07, 6.45) is -0.543. The maximum absolute atomic E-state index is 11.3. The van der Waals surface area contributed by atoms with Gasteiger partial charge in [0, 0.05) is 11.8 Å². The van der Waals surface area contributed by atoms with E-state index in [0.717, 1.165) is 0 Å². The van der Waals surface area contributed by atoms with Crippen molar-refractivity contribution in [2.45, 2.75) is 26.5 Å². The van der Waals surface area contributed by atoms with Crippen molar-refractivity contribution in [3.63, 3.8) is 0 Å². The lowest BCUT2D eigenvalue weighted by Gasteiger charge is -2.12. The highest BCUT2D eigenvalue weighted by Gasteiger charge is 2.05. The topological polar surface area (TPSA) is 68.2 Å². The minimum absolute atomic E-state index is 0.132. The molecule has 0 aromatic carbocycles. The highest BCUT2D eigenvalue weighted by molar-refractivity contribution is 5.41. The summed E-state index contributed by atoms with van der Waals surface area (Å²) in [7, 11) is 0. The van der Waals surface area contributed by atoms with Crippen LogP contribution in [0.2, 0.25) is 0 Å². The molecule has 4 heteroatoms. The Kier molecular flexibility index (Phi) is 2.72. The van der Waals surface area contributed by atoms with Crippen LogP contribution in [0.4, 0.5) is 5.69 Å². The van der Waals surface area contributed by atoms with Crippen LogP contribution in [0.15, 0.2) is 16.9 Å². The predicted octanol–water partition coefficient (Wildman–Crippen LogP) is 0.120. The van der Waals surface area contributed by atoms with Crippen molar-refractivity contribution in [3.8, 4) is 0 Å². The summed E-state index contributed by atoms with van der Waals surface area (Å²) in [4.78, 5) is 11.3. The van der Waals surface area contributed by atoms with Gasteiger partial charge in [0.2, 0.25) is 0 Å². The first-order valence-electron chi connectivity index (χ1n) is 4.16. The predicted molar refractivity (Wildman–Crippen MR) is 51.5 cm³/mol. The Morgan fingerprint density at radius 1 is 1.62 bits per heavy atom. The third-order valence-corrected chi connectivity index (χ3v) is 1.94. The largest absolute Gasteiger partial charge is 0.397 e. The average molecular weight is 182 g/mol. The van der Waals surface area contributed by atoms with E-state index in [9.17, 15) is 4.79 Å². The number of aromatic nitrogens is 1. The molecule has 1 rings (SSSR count). The van der Waals surface area contributed by atoms with Crippen LogP contribution < -0.4 is 11.3 Å². The van der Waals surface area contributed by atoms with Crippen LogP contribution in [0.1, 0.15) is 12.6 Å². The molecule has 13 heavy (non-hydrogen) atoms. The molecule has 4 nitrogen and oxygen atoms in total. The van der Waals surface area contributed by atoms with Crippen LogP contribution in [-0.2, 0) is 6.54 Å². The Morgan fingerprint density at radius 3 is 2.77 bits per heavy atom. The van der Waals surface area contributed by atoms with Crippen molar-refractivity contribution in [2.24, 2.45) is 0 Å². The Morgan fingerprint density at radius 2 is 2.23 bits per heavy atom. The second-order valence-corrected chi connectivity index (χ2v) is 3.17. The van der Waals surface area contributed by atoms with Crippen LogP contribution in [0.25, 0.3) is 0 Å². The number of anilines is 1. The zero-order chi connectivity index (χ0) is 10.0. The van der Waals surface area contributed by atoms with E-state index in [1.54, 1.807) is 19.9 Å². The van der Waals surface area contributed by atoms with Crippen molar-refractivity contribution in [3.05, 3.63) is 28.2 Å². The zero-order valence-electron chi connectivity index (χ0n) is 7.82. The third-order valence-electron chi connectivity index (χ3n) is 1.94. The van der Waals surface area contributed by atoms with Gasteiger partial charge in [0.1, 0.15) is 0 Å². The van der Waals surface area contributed by atoms with Gasteiger partial charge in [-0.1, -0.05) is 0 Å². The van der Waals surface area contributed by atoms with Gasteiger partial charge < -0.3 is 15.4 Å². The molecule has 1 aromatic heterocycles. The molecule has 0 aliphatic rings. The van der Waals surface area contributed by atoms with Gasteiger partial charge in [0.15, 0.2) is 0 Å². The fourth-order valence-electron chi connectivity index (χ4n) is 1.18. The number of nitrogens with zero attached hydrogens (tertiary/aromatic N) is 1. The highest BCUT2D eigenvalue weighted by atomic mass is 16.3. The molecule has 1 unspecified atom stereocenters. The highest BCUT2D eigenvalue weighted by Crippen LogP contribution is 2.06. The number of nitrogen functional groups attached to an aromatic ring is 1. The average Bonchev–Trinajstić information content (AvgIpc) is 2.05. The minimum Gasteiger partial charge on any atom is -0.397 e. The second-order valence-electron chi connectivity index (χ2n) is 3.17. The molecule has 0 fully saturated rings. The fourth-order valence-corrected chi connectivity index (χ4v) is 1.18. The van der Waals surface area contributed by atoms with Gasteiger partial charge in [-0.25, -0.2) is 0 Å². The molecule has 0 aliphatic carbocycles. The number of aliphatic hydroxyl groups is 1. The molecule has 0 aliphatic heterocycles. The molecular weight excluding hydrogens is 168 g/mol. The Bertz CT molecular complexity index is 355. The Balaban J connectivity index is 3.18. The number of hydrogen-bond acceptors (Lipinski definition) is 3. The summed E-state index contributed by atoms with van der Waals surface area (Å²) >= 11 is 0. The number of nitrogens with two attached hydrogens (primary N) is 1. The summed E-state index contributed by atoms with van der Waals surface area (Å²) in [5, 5.41) is 9.15. The molecule has 1 heterocycles. The Hall–Kier alpha value is -1.29. The van der Waals surface area contributed by atoms with E-state index in [2.05, 4.69) is 0 Å². The van der Waals surface area contributed by atoms with E-state index in [-0.39, 0.29) is 12.1 Å². The molecule has 0 bridgehead atoms. The van der Waals surface area contributed by atoms with E-state index in [4.69, 9.17) is 10.8 Å². The van der Waals surface area contributed by atoms with Gasteiger partial charge in [0.05, 0.1) is 18.3 Å². The Labute approximate surface area is 76.6 Å². The molecule has 72 valence electrons. The lowest BCUT2D eigenvalue weighted by atomic mass is 10.3. The summed E-state index contributed by atoms with van der Waals surface area (Å²) in [5.74, 6) is 0. The second kappa shape index (κ2) is 3.62. The monoisotopic (exact) mass is 182 g/mol. The summed E-state index contributed by atoms with van der Waals surface area (Å²) in [6, 6.07) is 2.99. The smallest absolute Gasteiger partial charge is 0.250 e. The SMILES string of the molecule is Cc1c(N)ccc(=O)n1CC(C)O. The van der Waals surface area contributed by atoms with Crippen LogP contribution in [0.5, 0.6) is 0 Å². The van der Waals surface area contributed by atoms with Crippen LogP contribution in [0, 0.1) is 6.92 Å². The van der Waals surface area contributed by atoms with Gasteiger partial charge in [0.25, 0.3) is 5.56 Å². The van der Waals surface area contributed by atoms with Crippen molar-refractivity contribution in [1.82, 2.24) is 4.57 Å². The summed E-state index contributed by atoms with van der Waals surface area (Å²) < 4.78 is 1.47. The standard InChI is InChI=1S/C9H14N2O2/c1-6(12)5-11-7(2)8(10)3-4-9(11)13/h3-4,6,12H,5,10H2,1-2H3. The molecular formula is C9H14N2O2. The lowest BCUT2D eigenvalue weighted by Crippen LogP contribution is -2.27.